The standard InChI is InChI=1S/C14H7Cl2F4NO2/c15-9-2-1-6(3-8(9)14(18,19)20)23-12-5-10(16)7(13(21)22)4-11(12)17/h1-5H,(H2,21,22). The summed E-state index contributed by atoms with van der Waals surface area (Å²) >= 11 is 11.2. The van der Waals surface area contributed by atoms with Gasteiger partial charge in [-0.2, -0.15) is 13.2 Å². The molecule has 9 heteroatoms. The van der Waals surface area contributed by atoms with Gasteiger partial charge < -0.3 is 10.5 Å². The van der Waals surface area contributed by atoms with Crippen molar-refractivity contribution in [2.24, 2.45) is 5.73 Å². The molecule has 0 bridgehead atoms. The molecule has 0 fully saturated rings. The first-order valence-corrected chi connectivity index (χ1v) is 6.68. The fourth-order valence-corrected chi connectivity index (χ4v) is 2.18. The number of benzene rings is 2. The molecule has 2 N–H and O–H groups in total. The van der Waals surface area contributed by atoms with Crippen LogP contribution in [-0.4, -0.2) is 5.91 Å². The van der Waals surface area contributed by atoms with Crippen molar-refractivity contribution in [1.29, 1.82) is 0 Å². The van der Waals surface area contributed by atoms with E-state index in [-0.39, 0.29) is 16.3 Å². The number of halogens is 6. The van der Waals surface area contributed by atoms with Crippen LogP contribution in [-0.2, 0) is 6.18 Å². The third kappa shape index (κ3) is 3.86. The number of nitrogens with two attached hydrogens (primary N) is 1. The van der Waals surface area contributed by atoms with Gasteiger partial charge >= 0.3 is 6.18 Å². The summed E-state index contributed by atoms with van der Waals surface area (Å²) in [5, 5.41) is -0.716. The van der Waals surface area contributed by atoms with Gasteiger partial charge in [0.15, 0.2) is 11.6 Å². The Morgan fingerprint density at radius 3 is 2.30 bits per heavy atom. The second-order valence-electron chi connectivity index (χ2n) is 4.37. The minimum absolute atomic E-state index is 0.195. The Hall–Kier alpha value is -1.99. The average Bonchev–Trinajstić information content (AvgIpc) is 2.43. The van der Waals surface area contributed by atoms with Gasteiger partial charge in [-0.3, -0.25) is 4.79 Å². The van der Waals surface area contributed by atoms with Crippen molar-refractivity contribution in [2.45, 2.75) is 6.18 Å². The zero-order valence-electron chi connectivity index (χ0n) is 11.0. The molecular formula is C14H7Cl2F4NO2. The van der Waals surface area contributed by atoms with Gasteiger partial charge in [0, 0.05) is 6.07 Å². The van der Waals surface area contributed by atoms with Crippen LogP contribution in [0.2, 0.25) is 10.0 Å². The molecule has 122 valence electrons. The minimum Gasteiger partial charge on any atom is -0.454 e. The van der Waals surface area contributed by atoms with Gasteiger partial charge in [0.25, 0.3) is 0 Å². The van der Waals surface area contributed by atoms with Crippen molar-refractivity contribution in [3.8, 4) is 11.5 Å². The molecule has 0 radical (unpaired) electrons. The molecule has 1 amide bonds. The summed E-state index contributed by atoms with van der Waals surface area (Å²) in [6.45, 7) is 0. The first-order valence-electron chi connectivity index (χ1n) is 5.93. The smallest absolute Gasteiger partial charge is 0.417 e. The van der Waals surface area contributed by atoms with Crippen molar-refractivity contribution in [3.63, 3.8) is 0 Å². The Bertz CT molecular complexity index is 778. The monoisotopic (exact) mass is 367 g/mol. The highest BCUT2D eigenvalue weighted by molar-refractivity contribution is 6.34. The molecule has 3 nitrogen and oxygen atoms in total. The summed E-state index contributed by atoms with van der Waals surface area (Å²) in [7, 11) is 0. The maximum absolute atomic E-state index is 13.9. The molecule has 0 aliphatic heterocycles. The average molecular weight is 368 g/mol. The van der Waals surface area contributed by atoms with E-state index in [9.17, 15) is 22.4 Å². The largest absolute Gasteiger partial charge is 0.454 e. The van der Waals surface area contributed by atoms with Gasteiger partial charge in [-0.1, -0.05) is 23.2 Å². The number of hydrogen-bond acceptors (Lipinski definition) is 2. The quantitative estimate of drug-likeness (QED) is 0.772. The fraction of sp³-hybridized carbons (Fsp3) is 0.0714. The van der Waals surface area contributed by atoms with E-state index in [0.717, 1.165) is 24.3 Å². The van der Waals surface area contributed by atoms with Crippen molar-refractivity contribution in [3.05, 3.63) is 57.3 Å². The van der Waals surface area contributed by atoms with Crippen LogP contribution in [0.25, 0.3) is 0 Å². The Morgan fingerprint density at radius 1 is 1.09 bits per heavy atom. The molecule has 2 rings (SSSR count). The van der Waals surface area contributed by atoms with Crippen LogP contribution in [0.15, 0.2) is 30.3 Å². The summed E-state index contributed by atoms with van der Waals surface area (Å²) in [5.41, 5.74) is 3.60. The summed E-state index contributed by atoms with van der Waals surface area (Å²) in [6.07, 6.45) is -4.69. The van der Waals surface area contributed by atoms with Gasteiger partial charge in [0.05, 0.1) is 21.2 Å². The number of ether oxygens (including phenoxy) is 1. The highest BCUT2D eigenvalue weighted by Gasteiger charge is 2.33. The van der Waals surface area contributed by atoms with E-state index < -0.39 is 34.2 Å². The van der Waals surface area contributed by atoms with Gasteiger partial charge in [-0.15, -0.1) is 0 Å². The number of carbonyl (C=O) groups excluding carboxylic acids is 1. The molecule has 23 heavy (non-hydrogen) atoms. The second-order valence-corrected chi connectivity index (χ2v) is 5.18. The molecule has 0 atom stereocenters. The third-order valence-corrected chi connectivity index (χ3v) is 3.40. The van der Waals surface area contributed by atoms with Crippen molar-refractivity contribution in [1.82, 2.24) is 0 Å². The maximum Gasteiger partial charge on any atom is 0.417 e. The van der Waals surface area contributed by atoms with Crippen LogP contribution in [0.3, 0.4) is 0 Å². The van der Waals surface area contributed by atoms with Gasteiger partial charge in [-0.05, 0) is 24.3 Å². The Kier molecular flexibility index (Phi) is 4.72. The minimum atomic E-state index is -4.69. The van der Waals surface area contributed by atoms with Crippen LogP contribution >= 0.6 is 23.2 Å². The maximum atomic E-state index is 13.9. The molecule has 2 aromatic rings. The van der Waals surface area contributed by atoms with E-state index >= 15 is 0 Å². The molecule has 0 heterocycles. The van der Waals surface area contributed by atoms with E-state index in [1.165, 1.54) is 0 Å². The Labute approximate surface area is 137 Å². The van der Waals surface area contributed by atoms with E-state index in [0.29, 0.717) is 6.07 Å². The molecule has 0 aromatic heterocycles. The summed E-state index contributed by atoms with van der Waals surface area (Å²) in [6, 6.07) is 4.40. The third-order valence-electron chi connectivity index (χ3n) is 2.76. The molecule has 0 aliphatic rings. The molecule has 0 unspecified atom stereocenters. The van der Waals surface area contributed by atoms with Crippen LogP contribution in [0.4, 0.5) is 17.6 Å². The second kappa shape index (κ2) is 6.25. The highest BCUT2D eigenvalue weighted by Crippen LogP contribution is 2.38. The summed E-state index contributed by atoms with van der Waals surface area (Å²) < 4.78 is 57.2. The Balaban J connectivity index is 2.40. The lowest BCUT2D eigenvalue weighted by atomic mass is 10.2. The van der Waals surface area contributed by atoms with Crippen molar-refractivity contribution in [2.75, 3.05) is 0 Å². The van der Waals surface area contributed by atoms with Crippen molar-refractivity contribution < 1.29 is 27.1 Å². The number of amides is 1. The molecule has 0 saturated carbocycles. The SMILES string of the molecule is NC(=O)c1cc(F)c(Oc2ccc(Cl)c(C(F)(F)F)c2)cc1Cl. The first kappa shape index (κ1) is 17.4. The molecule has 0 saturated heterocycles. The zero-order valence-corrected chi connectivity index (χ0v) is 12.6. The predicted octanol–water partition coefficient (Wildman–Crippen LogP) is 5.04. The van der Waals surface area contributed by atoms with Crippen LogP contribution in [0.5, 0.6) is 11.5 Å². The summed E-state index contributed by atoms with van der Waals surface area (Å²) in [5.74, 6) is -2.73. The van der Waals surface area contributed by atoms with Gasteiger partial charge in [-0.25, -0.2) is 4.39 Å². The lowest BCUT2D eigenvalue weighted by Crippen LogP contribution is -2.12. The molecule has 0 aliphatic carbocycles. The van der Waals surface area contributed by atoms with E-state index in [1.54, 1.807) is 0 Å². The molecule has 0 spiro atoms. The lowest BCUT2D eigenvalue weighted by Gasteiger charge is -2.13. The van der Waals surface area contributed by atoms with Gasteiger partial charge in [0.2, 0.25) is 5.91 Å². The number of rotatable bonds is 3. The topological polar surface area (TPSA) is 52.3 Å². The number of primary amides is 1. The lowest BCUT2D eigenvalue weighted by molar-refractivity contribution is -0.137. The first-order chi connectivity index (χ1) is 10.6. The summed E-state index contributed by atoms with van der Waals surface area (Å²) in [4.78, 5) is 11.0. The number of hydrogen-bond donors (Lipinski definition) is 1. The molecular weight excluding hydrogens is 361 g/mol. The predicted molar refractivity (Wildman–Crippen MR) is 76.5 cm³/mol. The highest BCUT2D eigenvalue weighted by atomic mass is 35.5. The zero-order chi connectivity index (χ0) is 17.4. The van der Waals surface area contributed by atoms with E-state index in [4.69, 9.17) is 33.7 Å². The van der Waals surface area contributed by atoms with Crippen LogP contribution < -0.4 is 10.5 Å². The van der Waals surface area contributed by atoms with Crippen LogP contribution in [0, 0.1) is 5.82 Å². The Morgan fingerprint density at radius 2 is 1.74 bits per heavy atom. The molecule has 2 aromatic carbocycles. The van der Waals surface area contributed by atoms with Crippen LogP contribution in [0.1, 0.15) is 15.9 Å². The van der Waals surface area contributed by atoms with E-state index in [1.807, 2.05) is 0 Å². The fourth-order valence-electron chi connectivity index (χ4n) is 1.71. The number of alkyl halides is 3. The van der Waals surface area contributed by atoms with E-state index in [2.05, 4.69) is 0 Å². The van der Waals surface area contributed by atoms with Crippen molar-refractivity contribution >= 4 is 29.1 Å². The van der Waals surface area contributed by atoms with Gasteiger partial charge in [0.1, 0.15) is 5.75 Å². The number of carbonyl (C=O) groups is 1. The normalized spacial score (nSPS) is 11.4.